The summed E-state index contributed by atoms with van der Waals surface area (Å²) in [7, 11) is 0. The number of aryl methyl sites for hydroxylation is 1. The van der Waals surface area contributed by atoms with E-state index in [1.54, 1.807) is 34.7 Å². The maximum Gasteiger partial charge on any atom is 0.254 e. The van der Waals surface area contributed by atoms with E-state index in [2.05, 4.69) is 27.9 Å². The molecule has 1 aliphatic rings. The van der Waals surface area contributed by atoms with Crippen molar-refractivity contribution in [3.8, 4) is 0 Å². The van der Waals surface area contributed by atoms with Gasteiger partial charge in [-0.3, -0.25) is 4.79 Å². The number of anilines is 1. The van der Waals surface area contributed by atoms with Gasteiger partial charge in [-0.25, -0.2) is 14.4 Å². The molecule has 0 saturated carbocycles. The van der Waals surface area contributed by atoms with Crippen molar-refractivity contribution >= 4 is 33.3 Å². The van der Waals surface area contributed by atoms with Gasteiger partial charge in [-0.05, 0) is 31.2 Å². The van der Waals surface area contributed by atoms with Crippen molar-refractivity contribution in [2.45, 2.75) is 6.92 Å². The van der Waals surface area contributed by atoms with Crippen molar-refractivity contribution in [3.63, 3.8) is 0 Å². The predicted octanol–water partition coefficient (Wildman–Crippen LogP) is 3.10. The molecule has 128 valence electrons. The maximum atomic E-state index is 13.3. The third kappa shape index (κ3) is 3.07. The highest BCUT2D eigenvalue weighted by molar-refractivity contribution is 7.18. The van der Waals surface area contributed by atoms with E-state index in [1.165, 1.54) is 17.0 Å². The number of hydrogen-bond acceptors (Lipinski definition) is 5. The monoisotopic (exact) mass is 356 g/mol. The molecule has 0 spiro atoms. The summed E-state index contributed by atoms with van der Waals surface area (Å²) in [6.45, 7) is 4.63. The fourth-order valence-corrected chi connectivity index (χ4v) is 3.98. The van der Waals surface area contributed by atoms with Crippen LogP contribution in [0.5, 0.6) is 0 Å². The molecule has 5 nitrogen and oxygen atoms in total. The van der Waals surface area contributed by atoms with Crippen molar-refractivity contribution in [2.75, 3.05) is 31.1 Å². The number of amides is 1. The van der Waals surface area contributed by atoms with Crippen LogP contribution in [0.3, 0.4) is 0 Å². The second kappa shape index (κ2) is 6.40. The minimum atomic E-state index is -0.388. The van der Waals surface area contributed by atoms with Crippen LogP contribution in [0.2, 0.25) is 0 Å². The number of benzene rings is 1. The van der Waals surface area contributed by atoms with Crippen LogP contribution in [0.1, 0.15) is 15.2 Å². The van der Waals surface area contributed by atoms with Gasteiger partial charge in [-0.2, -0.15) is 0 Å². The number of carbonyl (C=O) groups is 1. The second-order valence-corrected chi connectivity index (χ2v) is 7.30. The molecule has 1 amide bonds. The van der Waals surface area contributed by atoms with Gasteiger partial charge in [0.05, 0.1) is 5.39 Å². The molecule has 0 radical (unpaired) electrons. The smallest absolute Gasteiger partial charge is 0.254 e. The highest BCUT2D eigenvalue weighted by Gasteiger charge is 2.24. The zero-order valence-corrected chi connectivity index (χ0v) is 14.6. The van der Waals surface area contributed by atoms with E-state index in [0.717, 1.165) is 16.0 Å². The minimum absolute atomic E-state index is 0.127. The number of carbonyl (C=O) groups excluding carboxylic acids is 1. The minimum Gasteiger partial charge on any atom is -0.352 e. The summed E-state index contributed by atoms with van der Waals surface area (Å²) in [6.07, 6.45) is 1.60. The first kappa shape index (κ1) is 16.0. The van der Waals surface area contributed by atoms with Gasteiger partial charge in [0.1, 0.15) is 22.8 Å². The van der Waals surface area contributed by atoms with E-state index < -0.39 is 0 Å². The number of halogens is 1. The number of nitrogens with zero attached hydrogens (tertiary/aromatic N) is 4. The van der Waals surface area contributed by atoms with Crippen LogP contribution in [-0.2, 0) is 0 Å². The lowest BCUT2D eigenvalue weighted by Crippen LogP contribution is -2.49. The largest absolute Gasteiger partial charge is 0.352 e. The highest BCUT2D eigenvalue weighted by Crippen LogP contribution is 2.30. The molecule has 1 fully saturated rings. The maximum absolute atomic E-state index is 13.3. The molecule has 1 aliphatic heterocycles. The first-order valence-corrected chi connectivity index (χ1v) is 8.94. The molecule has 0 bridgehead atoms. The van der Waals surface area contributed by atoms with Crippen LogP contribution in [0.15, 0.2) is 36.7 Å². The molecule has 0 atom stereocenters. The van der Waals surface area contributed by atoms with Gasteiger partial charge in [0.15, 0.2) is 0 Å². The highest BCUT2D eigenvalue weighted by atomic mass is 32.1. The Labute approximate surface area is 148 Å². The second-order valence-electron chi connectivity index (χ2n) is 6.06. The molecule has 0 unspecified atom stereocenters. The van der Waals surface area contributed by atoms with Crippen molar-refractivity contribution < 1.29 is 9.18 Å². The molecule has 25 heavy (non-hydrogen) atoms. The standard InChI is InChI=1S/C18H17FN4OS/c1-12-9-15-16(20-11-21-17(15)25-12)22-5-7-23(8-6-22)18(24)13-3-2-4-14(19)10-13/h2-4,9-11H,5-8H2,1H3. The fourth-order valence-electron chi connectivity index (χ4n) is 3.14. The SMILES string of the molecule is Cc1cc2c(N3CCN(C(=O)c4cccc(F)c4)CC3)ncnc2s1. The third-order valence-electron chi connectivity index (χ3n) is 4.37. The number of fused-ring (bicyclic) bond motifs is 1. The first-order valence-electron chi connectivity index (χ1n) is 8.13. The zero-order valence-electron chi connectivity index (χ0n) is 13.8. The van der Waals surface area contributed by atoms with Gasteiger partial charge in [0, 0.05) is 36.6 Å². The molecular weight excluding hydrogens is 339 g/mol. The van der Waals surface area contributed by atoms with Crippen LogP contribution in [0.25, 0.3) is 10.2 Å². The average molecular weight is 356 g/mol. The van der Waals surface area contributed by atoms with Crippen LogP contribution < -0.4 is 4.90 Å². The molecule has 1 aromatic carbocycles. The Bertz CT molecular complexity index is 934. The summed E-state index contributed by atoms with van der Waals surface area (Å²) in [5, 5.41) is 1.06. The Balaban J connectivity index is 1.50. The van der Waals surface area contributed by atoms with Gasteiger partial charge in [0.25, 0.3) is 5.91 Å². The van der Waals surface area contributed by atoms with Gasteiger partial charge >= 0.3 is 0 Å². The normalized spacial score (nSPS) is 15.0. The number of thiophene rings is 1. The molecule has 7 heteroatoms. The third-order valence-corrected chi connectivity index (χ3v) is 5.33. The number of piperazine rings is 1. The molecule has 2 aromatic heterocycles. The van der Waals surface area contributed by atoms with Crippen LogP contribution >= 0.6 is 11.3 Å². The molecular formula is C18H17FN4OS. The van der Waals surface area contributed by atoms with Gasteiger partial charge in [-0.1, -0.05) is 6.07 Å². The topological polar surface area (TPSA) is 49.3 Å². The Kier molecular flexibility index (Phi) is 4.09. The summed E-state index contributed by atoms with van der Waals surface area (Å²) in [6, 6.07) is 7.96. The van der Waals surface area contributed by atoms with Gasteiger partial charge in [0.2, 0.25) is 0 Å². The Hall–Kier alpha value is -2.54. The van der Waals surface area contributed by atoms with Crippen molar-refractivity contribution in [1.82, 2.24) is 14.9 Å². The van der Waals surface area contributed by atoms with Crippen LogP contribution in [-0.4, -0.2) is 47.0 Å². The lowest BCUT2D eigenvalue weighted by molar-refractivity contribution is 0.0746. The lowest BCUT2D eigenvalue weighted by Gasteiger charge is -2.35. The van der Waals surface area contributed by atoms with E-state index >= 15 is 0 Å². The predicted molar refractivity (Wildman–Crippen MR) is 96.7 cm³/mol. The van der Waals surface area contributed by atoms with Gasteiger partial charge < -0.3 is 9.80 Å². The zero-order chi connectivity index (χ0) is 17.4. The summed E-state index contributed by atoms with van der Waals surface area (Å²) in [5.74, 6) is 0.409. The van der Waals surface area contributed by atoms with Gasteiger partial charge in [-0.15, -0.1) is 11.3 Å². The van der Waals surface area contributed by atoms with Crippen molar-refractivity contribution in [3.05, 3.63) is 52.9 Å². The fraction of sp³-hybridized carbons (Fsp3) is 0.278. The van der Waals surface area contributed by atoms with Crippen LogP contribution in [0, 0.1) is 12.7 Å². The van der Waals surface area contributed by atoms with E-state index in [1.807, 2.05) is 0 Å². The van der Waals surface area contributed by atoms with Crippen LogP contribution in [0.4, 0.5) is 10.2 Å². The molecule has 3 heterocycles. The number of hydrogen-bond donors (Lipinski definition) is 0. The molecule has 0 aliphatic carbocycles. The van der Waals surface area contributed by atoms with E-state index in [9.17, 15) is 9.18 Å². The average Bonchev–Trinajstić information content (AvgIpc) is 3.01. The lowest BCUT2D eigenvalue weighted by atomic mass is 10.1. The molecule has 3 aromatic rings. The summed E-state index contributed by atoms with van der Waals surface area (Å²) in [5.41, 5.74) is 0.395. The summed E-state index contributed by atoms with van der Waals surface area (Å²) in [4.78, 5) is 27.5. The summed E-state index contributed by atoms with van der Waals surface area (Å²) < 4.78 is 13.3. The van der Waals surface area contributed by atoms with Crippen molar-refractivity contribution in [1.29, 1.82) is 0 Å². The van der Waals surface area contributed by atoms with E-state index in [-0.39, 0.29) is 11.7 Å². The molecule has 4 rings (SSSR count). The molecule has 0 N–H and O–H groups in total. The quantitative estimate of drug-likeness (QED) is 0.708. The van der Waals surface area contributed by atoms with E-state index in [0.29, 0.717) is 31.7 Å². The van der Waals surface area contributed by atoms with E-state index in [4.69, 9.17) is 0 Å². The first-order chi connectivity index (χ1) is 12.1. The van der Waals surface area contributed by atoms with Crippen molar-refractivity contribution in [2.24, 2.45) is 0 Å². The number of rotatable bonds is 2. The Morgan fingerprint density at radius 3 is 2.72 bits per heavy atom. The summed E-state index contributed by atoms with van der Waals surface area (Å²) >= 11 is 1.66. The Morgan fingerprint density at radius 1 is 1.16 bits per heavy atom. The molecule has 1 saturated heterocycles. The number of aromatic nitrogens is 2. The Morgan fingerprint density at radius 2 is 1.96 bits per heavy atom.